The van der Waals surface area contributed by atoms with Crippen LogP contribution in [0, 0.1) is 0 Å². The fourth-order valence-corrected chi connectivity index (χ4v) is 1.88. The van der Waals surface area contributed by atoms with Gasteiger partial charge in [0.05, 0.1) is 0 Å². The van der Waals surface area contributed by atoms with Crippen LogP contribution < -0.4 is 0 Å². The van der Waals surface area contributed by atoms with Crippen molar-refractivity contribution in [3.63, 3.8) is 0 Å². The summed E-state index contributed by atoms with van der Waals surface area (Å²) in [6.07, 6.45) is 9.67. The smallest absolute Gasteiger partial charge is 0.0377 e. The van der Waals surface area contributed by atoms with Gasteiger partial charge in [-0.25, -0.2) is 0 Å². The van der Waals surface area contributed by atoms with Crippen LogP contribution in [0.5, 0.6) is 0 Å². The van der Waals surface area contributed by atoms with E-state index < -0.39 is 0 Å². The van der Waals surface area contributed by atoms with E-state index in [1.165, 1.54) is 51.4 Å². The minimum atomic E-state index is 1.04. The maximum absolute atomic E-state index is 4.49. The molecule has 20 heavy (non-hydrogen) atoms. The monoisotopic (exact) mass is 284 g/mol. The van der Waals surface area contributed by atoms with Crippen molar-refractivity contribution in [2.45, 2.75) is 79.1 Å². The van der Waals surface area contributed by atoms with Gasteiger partial charge in [0.25, 0.3) is 0 Å². The van der Waals surface area contributed by atoms with E-state index in [1.54, 1.807) is 0 Å². The lowest BCUT2D eigenvalue weighted by atomic mass is 10.3. The molecule has 0 amide bonds. The first kappa shape index (κ1) is 19.2. The minimum absolute atomic E-state index is 1.04. The number of hydrogen-bond donors (Lipinski definition) is 0. The predicted octanol–water partition coefficient (Wildman–Crippen LogP) is 5.07. The molecular formula is C16H36N4. The summed E-state index contributed by atoms with van der Waals surface area (Å²) in [4.78, 5) is 0. The molecule has 0 saturated carbocycles. The second-order valence-corrected chi connectivity index (χ2v) is 5.50. The van der Waals surface area contributed by atoms with Crippen molar-refractivity contribution in [2.24, 2.45) is 10.4 Å². The van der Waals surface area contributed by atoms with Crippen molar-refractivity contribution in [1.82, 2.24) is 10.0 Å². The number of nitrogens with zero attached hydrogens (tertiary/aromatic N) is 4. The molecule has 120 valence electrons. The molecule has 0 aromatic heterocycles. The van der Waals surface area contributed by atoms with Crippen molar-refractivity contribution in [3.8, 4) is 0 Å². The Morgan fingerprint density at radius 3 is 0.950 bits per heavy atom. The van der Waals surface area contributed by atoms with Gasteiger partial charge in [0.2, 0.25) is 0 Å². The standard InChI is InChI=1S/C16H36N4/c1-5-9-13-19(14-10-6-2)17-18-20(15-11-7-3)16-12-8-4/h5-16H2,1-4H3. The summed E-state index contributed by atoms with van der Waals surface area (Å²) in [5, 5.41) is 13.3. The van der Waals surface area contributed by atoms with Crippen LogP contribution in [-0.2, 0) is 0 Å². The van der Waals surface area contributed by atoms with Crippen molar-refractivity contribution in [2.75, 3.05) is 26.2 Å². The maximum Gasteiger partial charge on any atom is 0.0377 e. The highest BCUT2D eigenvalue weighted by atomic mass is 15.7. The highest BCUT2D eigenvalue weighted by molar-refractivity contribution is 4.53. The Kier molecular flexibility index (Phi) is 14.0. The summed E-state index contributed by atoms with van der Waals surface area (Å²) >= 11 is 0. The SMILES string of the molecule is CCCCN(CCCC)N=NN(CCCC)CCCC. The van der Waals surface area contributed by atoms with E-state index >= 15 is 0 Å². The average molecular weight is 284 g/mol. The van der Waals surface area contributed by atoms with E-state index in [2.05, 4.69) is 48.2 Å². The van der Waals surface area contributed by atoms with Crippen LogP contribution in [0.4, 0.5) is 0 Å². The van der Waals surface area contributed by atoms with Gasteiger partial charge in [-0.15, -0.1) is 0 Å². The lowest BCUT2D eigenvalue weighted by molar-refractivity contribution is 0.190. The summed E-state index contributed by atoms with van der Waals surface area (Å²) in [6, 6.07) is 0. The van der Waals surface area contributed by atoms with Crippen LogP contribution in [0.1, 0.15) is 79.1 Å². The van der Waals surface area contributed by atoms with Crippen LogP contribution >= 0.6 is 0 Å². The molecule has 0 N–H and O–H groups in total. The van der Waals surface area contributed by atoms with Gasteiger partial charge >= 0.3 is 0 Å². The number of unbranched alkanes of at least 4 members (excludes halogenated alkanes) is 4. The molecule has 0 unspecified atom stereocenters. The largest absolute Gasteiger partial charge is 0.277 e. The minimum Gasteiger partial charge on any atom is -0.277 e. The lowest BCUT2D eigenvalue weighted by Gasteiger charge is -2.21. The molecule has 0 spiro atoms. The quantitative estimate of drug-likeness (QED) is 0.329. The fraction of sp³-hybridized carbons (Fsp3) is 1.00. The molecule has 0 atom stereocenters. The van der Waals surface area contributed by atoms with E-state index in [1.807, 2.05) is 0 Å². The molecule has 0 radical (unpaired) electrons. The Morgan fingerprint density at radius 1 is 0.500 bits per heavy atom. The van der Waals surface area contributed by atoms with Crippen LogP contribution in [0.3, 0.4) is 0 Å². The Balaban J connectivity index is 4.30. The molecule has 0 heterocycles. The number of rotatable bonds is 14. The van der Waals surface area contributed by atoms with Crippen LogP contribution in [-0.4, -0.2) is 36.2 Å². The zero-order valence-corrected chi connectivity index (χ0v) is 14.3. The van der Waals surface area contributed by atoms with E-state index in [0.717, 1.165) is 26.2 Å². The summed E-state index contributed by atoms with van der Waals surface area (Å²) in [5.41, 5.74) is 0. The molecule has 0 fully saturated rings. The van der Waals surface area contributed by atoms with Gasteiger partial charge in [-0.2, -0.15) is 0 Å². The molecule has 4 nitrogen and oxygen atoms in total. The zero-order valence-electron chi connectivity index (χ0n) is 14.3. The molecule has 4 heteroatoms. The van der Waals surface area contributed by atoms with Gasteiger partial charge in [0, 0.05) is 26.2 Å². The van der Waals surface area contributed by atoms with Crippen LogP contribution in [0.15, 0.2) is 10.4 Å². The van der Waals surface area contributed by atoms with Crippen molar-refractivity contribution in [1.29, 1.82) is 0 Å². The highest BCUT2D eigenvalue weighted by Crippen LogP contribution is 2.04. The normalized spacial score (nSPS) is 11.2. The first-order chi connectivity index (χ1) is 9.78. The molecular weight excluding hydrogens is 248 g/mol. The van der Waals surface area contributed by atoms with Crippen molar-refractivity contribution in [3.05, 3.63) is 0 Å². The molecule has 0 aliphatic carbocycles. The summed E-state index contributed by atoms with van der Waals surface area (Å²) < 4.78 is 0. The summed E-state index contributed by atoms with van der Waals surface area (Å²) in [5.74, 6) is 0. The number of hydrogen-bond acceptors (Lipinski definition) is 2. The first-order valence-corrected chi connectivity index (χ1v) is 8.69. The lowest BCUT2D eigenvalue weighted by Crippen LogP contribution is -2.24. The second kappa shape index (κ2) is 14.6. The Morgan fingerprint density at radius 2 is 0.750 bits per heavy atom. The van der Waals surface area contributed by atoms with Gasteiger partial charge in [0.15, 0.2) is 0 Å². The molecule has 0 rings (SSSR count). The molecule has 0 bridgehead atoms. The van der Waals surface area contributed by atoms with Gasteiger partial charge in [-0.1, -0.05) is 63.8 Å². The topological polar surface area (TPSA) is 31.2 Å². The third-order valence-corrected chi connectivity index (χ3v) is 3.37. The Bertz CT molecular complexity index is 181. The van der Waals surface area contributed by atoms with E-state index in [-0.39, 0.29) is 0 Å². The van der Waals surface area contributed by atoms with E-state index in [9.17, 15) is 0 Å². The van der Waals surface area contributed by atoms with Gasteiger partial charge in [-0.3, -0.25) is 10.0 Å². The fourth-order valence-electron chi connectivity index (χ4n) is 1.88. The second-order valence-electron chi connectivity index (χ2n) is 5.50. The summed E-state index contributed by atoms with van der Waals surface area (Å²) in [6.45, 7) is 13.1. The van der Waals surface area contributed by atoms with Gasteiger partial charge in [0.1, 0.15) is 0 Å². The molecule has 0 aromatic rings. The van der Waals surface area contributed by atoms with Gasteiger partial charge < -0.3 is 0 Å². The zero-order chi connectivity index (χ0) is 15.1. The molecule has 0 saturated heterocycles. The van der Waals surface area contributed by atoms with E-state index in [4.69, 9.17) is 0 Å². The first-order valence-electron chi connectivity index (χ1n) is 8.69. The summed E-state index contributed by atoms with van der Waals surface area (Å²) in [7, 11) is 0. The van der Waals surface area contributed by atoms with Gasteiger partial charge in [-0.05, 0) is 25.7 Å². The van der Waals surface area contributed by atoms with E-state index in [0.29, 0.717) is 0 Å². The maximum atomic E-state index is 4.49. The highest BCUT2D eigenvalue weighted by Gasteiger charge is 2.03. The van der Waals surface area contributed by atoms with Crippen molar-refractivity contribution < 1.29 is 0 Å². The Labute approximate surface area is 126 Å². The van der Waals surface area contributed by atoms with Crippen LogP contribution in [0.2, 0.25) is 0 Å². The third-order valence-electron chi connectivity index (χ3n) is 3.37. The molecule has 0 aliphatic heterocycles. The Hall–Kier alpha value is -0.800. The van der Waals surface area contributed by atoms with Crippen LogP contribution in [0.25, 0.3) is 0 Å². The van der Waals surface area contributed by atoms with Crippen molar-refractivity contribution >= 4 is 0 Å². The molecule has 0 aromatic carbocycles. The molecule has 0 aliphatic rings. The predicted molar refractivity (Wildman–Crippen MR) is 87.6 cm³/mol. The average Bonchev–Trinajstić information content (AvgIpc) is 2.48. The third kappa shape index (κ3) is 11.1.